The molecular weight excluding hydrogens is 777 g/mol. The van der Waals surface area contributed by atoms with E-state index >= 15 is 0 Å². The molecule has 0 N–H and O–H groups in total. The lowest BCUT2D eigenvalue weighted by Crippen LogP contribution is -2.06. The number of nitro benzene ring substituents is 1. The van der Waals surface area contributed by atoms with Crippen LogP contribution in [0, 0.1) is 21.4 Å². The van der Waals surface area contributed by atoms with Crippen molar-refractivity contribution in [1.29, 1.82) is 5.26 Å². The minimum atomic E-state index is -0.406. The number of unbranched alkanes of at least 4 members (excludes halogenated alkanes) is 15. The quantitative estimate of drug-likeness (QED) is 0.0194. The Morgan fingerprint density at radius 3 is 1.10 bits per heavy atom. The van der Waals surface area contributed by atoms with Gasteiger partial charge in [0.25, 0.3) is 5.69 Å². The van der Waals surface area contributed by atoms with Gasteiger partial charge in [0.1, 0.15) is 17.2 Å². The molecule has 0 atom stereocenters. The van der Waals surface area contributed by atoms with E-state index in [4.69, 9.17) is 24.2 Å². The van der Waals surface area contributed by atoms with Crippen molar-refractivity contribution in [2.75, 3.05) is 26.4 Å². The zero-order valence-corrected chi connectivity index (χ0v) is 36.1. The topological polar surface area (TPSA) is 121 Å². The van der Waals surface area contributed by atoms with Crippen LogP contribution in [-0.2, 0) is 4.74 Å². The number of nitriles is 1. The van der Waals surface area contributed by atoms with Gasteiger partial charge in [-0.25, -0.2) is 4.79 Å². The van der Waals surface area contributed by atoms with E-state index in [2.05, 4.69) is 30.3 Å². The van der Waals surface area contributed by atoms with Crippen molar-refractivity contribution in [3.63, 3.8) is 0 Å². The maximum atomic E-state index is 12.6. The van der Waals surface area contributed by atoms with E-state index in [0.29, 0.717) is 36.7 Å². The Morgan fingerprint density at radius 2 is 0.742 bits per heavy atom. The Hall–Kier alpha value is -6.14. The van der Waals surface area contributed by atoms with E-state index in [1.807, 2.05) is 72.8 Å². The number of hydrogen-bond donors (Lipinski definition) is 0. The average molecular weight is 839 g/mol. The van der Waals surface area contributed by atoms with Gasteiger partial charge in [0.05, 0.1) is 48.5 Å². The lowest BCUT2D eigenvalue weighted by Gasteiger charge is -2.09. The Bertz CT molecular complexity index is 2060. The monoisotopic (exact) mass is 838 g/mol. The molecule has 0 aliphatic rings. The summed E-state index contributed by atoms with van der Waals surface area (Å²) in [4.78, 5) is 23.0. The summed E-state index contributed by atoms with van der Waals surface area (Å²) in [7, 11) is 0. The normalized spacial score (nSPS) is 10.8. The molecule has 0 fully saturated rings. The Morgan fingerprint density at radius 1 is 0.435 bits per heavy atom. The molecule has 0 aromatic heterocycles. The number of carbonyl (C=O) groups excluding carboxylic acids is 1. The molecule has 0 radical (unpaired) electrons. The number of non-ortho nitro benzene ring substituents is 1. The summed E-state index contributed by atoms with van der Waals surface area (Å²) in [6, 6.07) is 39.9. The summed E-state index contributed by atoms with van der Waals surface area (Å²) >= 11 is 0. The average Bonchev–Trinajstić information content (AvgIpc) is 3.31. The number of benzene rings is 5. The van der Waals surface area contributed by atoms with Crippen molar-refractivity contribution in [3.8, 4) is 45.6 Å². The first-order chi connectivity index (χ1) is 30.5. The highest BCUT2D eigenvalue weighted by Gasteiger charge is 2.09. The van der Waals surface area contributed by atoms with Crippen LogP contribution in [0.1, 0.15) is 125 Å². The smallest absolute Gasteiger partial charge is 0.338 e. The molecule has 326 valence electrons. The van der Waals surface area contributed by atoms with Crippen molar-refractivity contribution in [2.45, 2.75) is 109 Å². The zero-order valence-electron chi connectivity index (χ0n) is 36.1. The van der Waals surface area contributed by atoms with E-state index in [0.717, 1.165) is 91.7 Å². The first-order valence-electron chi connectivity index (χ1n) is 22.6. The van der Waals surface area contributed by atoms with Crippen LogP contribution in [0.5, 0.6) is 17.2 Å². The predicted molar refractivity (Wildman–Crippen MR) is 247 cm³/mol. The molecule has 5 rings (SSSR count). The summed E-state index contributed by atoms with van der Waals surface area (Å²) in [6.07, 6.45) is 19.3. The van der Waals surface area contributed by atoms with Gasteiger partial charge in [-0.2, -0.15) is 5.26 Å². The molecule has 0 bridgehead atoms. The molecule has 5 aromatic rings. The number of nitro groups is 1. The molecule has 0 aliphatic carbocycles. The maximum absolute atomic E-state index is 12.6. The molecule has 5 aromatic carbocycles. The third-order valence-corrected chi connectivity index (χ3v) is 10.9. The van der Waals surface area contributed by atoms with Crippen molar-refractivity contribution >= 4 is 11.7 Å². The Balaban J connectivity index is 0.802. The summed E-state index contributed by atoms with van der Waals surface area (Å²) in [5.74, 6) is 2.16. The first kappa shape index (κ1) is 46.9. The van der Waals surface area contributed by atoms with Gasteiger partial charge in [-0.1, -0.05) is 132 Å². The van der Waals surface area contributed by atoms with E-state index < -0.39 is 4.92 Å². The molecule has 9 nitrogen and oxygen atoms in total. The van der Waals surface area contributed by atoms with Crippen LogP contribution in [0.15, 0.2) is 121 Å². The van der Waals surface area contributed by atoms with E-state index in [1.165, 1.54) is 69.9 Å². The number of carbonyl (C=O) groups is 1. The first-order valence-corrected chi connectivity index (χ1v) is 22.6. The third-order valence-electron chi connectivity index (χ3n) is 10.9. The number of nitrogens with zero attached hydrogens (tertiary/aromatic N) is 2. The Labute approximate surface area is 368 Å². The maximum Gasteiger partial charge on any atom is 0.338 e. The fourth-order valence-corrected chi connectivity index (χ4v) is 7.21. The molecule has 0 saturated heterocycles. The Kier molecular flexibility index (Phi) is 20.9. The van der Waals surface area contributed by atoms with Crippen molar-refractivity contribution < 1.29 is 28.7 Å². The summed E-state index contributed by atoms with van der Waals surface area (Å²) in [5.41, 5.74) is 5.63. The zero-order chi connectivity index (χ0) is 43.5. The fraction of sp³-hybridized carbons (Fsp3) is 0.396. The van der Waals surface area contributed by atoms with Crippen LogP contribution in [0.2, 0.25) is 0 Å². The minimum absolute atomic E-state index is 0.0761. The van der Waals surface area contributed by atoms with E-state index in [1.54, 1.807) is 12.1 Å². The van der Waals surface area contributed by atoms with Gasteiger partial charge in [-0.3, -0.25) is 10.1 Å². The van der Waals surface area contributed by atoms with Crippen LogP contribution >= 0.6 is 0 Å². The van der Waals surface area contributed by atoms with Crippen LogP contribution in [0.4, 0.5) is 5.69 Å². The second kappa shape index (κ2) is 27.7. The van der Waals surface area contributed by atoms with Gasteiger partial charge < -0.3 is 18.9 Å². The van der Waals surface area contributed by atoms with Gasteiger partial charge in [-0.15, -0.1) is 0 Å². The summed E-state index contributed by atoms with van der Waals surface area (Å²) in [6.45, 7) is 2.51. The van der Waals surface area contributed by atoms with Crippen LogP contribution in [0.25, 0.3) is 22.3 Å². The third kappa shape index (κ3) is 17.5. The minimum Gasteiger partial charge on any atom is -0.494 e. The van der Waals surface area contributed by atoms with Crippen LogP contribution in [0.3, 0.4) is 0 Å². The van der Waals surface area contributed by atoms with Crippen molar-refractivity contribution in [3.05, 3.63) is 143 Å². The summed E-state index contributed by atoms with van der Waals surface area (Å²) < 4.78 is 23.2. The molecule has 0 unspecified atom stereocenters. The highest BCUT2D eigenvalue weighted by Crippen LogP contribution is 2.25. The number of rotatable bonds is 30. The molecule has 0 amide bonds. The lowest BCUT2D eigenvalue weighted by atomic mass is 10.0. The predicted octanol–water partition coefficient (Wildman–Crippen LogP) is 14.1. The van der Waals surface area contributed by atoms with Gasteiger partial charge in [0.15, 0.2) is 0 Å². The standard InChI is InChI=1S/C53H62N2O7/c54-42-43-18-20-44(21-19-43)46-26-32-50(33-27-46)59-38-14-10-6-2-1-3-9-13-17-41-62-53(56)48-24-22-45(23-25-48)47-28-34-51(35-29-47)60-39-15-11-7-4-5-8-12-16-40-61-52-36-30-49(31-37-52)55(57)58/h18-37H,1-17,38-41H2. The molecule has 0 spiro atoms. The van der Waals surface area contributed by atoms with Crippen LogP contribution < -0.4 is 14.2 Å². The lowest BCUT2D eigenvalue weighted by molar-refractivity contribution is -0.384. The molecule has 0 saturated carbocycles. The SMILES string of the molecule is N#Cc1ccc(-c2ccc(OCCCCCCCCCCCOC(=O)c3ccc(-c4ccc(OCCCCCCCCCCOc5ccc([N+](=O)[O-])cc5)cc4)cc3)cc2)cc1. The number of ether oxygens (including phenoxy) is 4. The molecule has 62 heavy (non-hydrogen) atoms. The largest absolute Gasteiger partial charge is 0.494 e. The molecule has 9 heteroatoms. The van der Waals surface area contributed by atoms with Crippen molar-refractivity contribution in [2.24, 2.45) is 0 Å². The van der Waals surface area contributed by atoms with Gasteiger partial charge >= 0.3 is 5.97 Å². The van der Waals surface area contributed by atoms with Crippen LogP contribution in [-0.4, -0.2) is 37.3 Å². The van der Waals surface area contributed by atoms with Gasteiger partial charge in [-0.05, 0) is 109 Å². The van der Waals surface area contributed by atoms with Gasteiger partial charge in [0, 0.05) is 12.1 Å². The van der Waals surface area contributed by atoms with E-state index in [9.17, 15) is 14.9 Å². The van der Waals surface area contributed by atoms with Gasteiger partial charge in [0.2, 0.25) is 0 Å². The van der Waals surface area contributed by atoms with E-state index in [-0.39, 0.29) is 11.7 Å². The highest BCUT2D eigenvalue weighted by atomic mass is 16.6. The molecule has 0 aliphatic heterocycles. The second-order valence-electron chi connectivity index (χ2n) is 15.8. The summed E-state index contributed by atoms with van der Waals surface area (Å²) in [5, 5.41) is 19.7. The molecular formula is C53H62N2O7. The fourth-order valence-electron chi connectivity index (χ4n) is 7.21. The number of hydrogen-bond acceptors (Lipinski definition) is 8. The van der Waals surface area contributed by atoms with Crippen molar-refractivity contribution in [1.82, 2.24) is 0 Å². The molecule has 0 heterocycles. The highest BCUT2D eigenvalue weighted by molar-refractivity contribution is 5.90. The second-order valence-corrected chi connectivity index (χ2v) is 15.8. The number of esters is 1.